The van der Waals surface area contributed by atoms with Crippen molar-refractivity contribution in [3.63, 3.8) is 0 Å². The van der Waals surface area contributed by atoms with Crippen molar-refractivity contribution in [1.29, 1.82) is 0 Å². The Morgan fingerprint density at radius 3 is 0.510 bits per heavy atom. The van der Waals surface area contributed by atoms with Crippen LogP contribution in [0.3, 0.4) is 0 Å². The Bertz CT molecular complexity index is 2780. The van der Waals surface area contributed by atoms with Crippen LogP contribution < -0.4 is 13.6 Å². The van der Waals surface area contributed by atoms with Crippen LogP contribution in [0, 0.1) is 62.3 Å². The van der Waals surface area contributed by atoms with Crippen molar-refractivity contribution in [3.05, 3.63) is 159 Å². The van der Waals surface area contributed by atoms with Gasteiger partial charge >= 0.3 is 43.6 Å². The van der Waals surface area contributed by atoms with Crippen molar-refractivity contribution in [3.8, 4) is 17.2 Å². The van der Waals surface area contributed by atoms with E-state index in [1.165, 1.54) is 53.1 Å². The number of unbranched alkanes of at least 4 members (excludes halogenated alkanes) is 24. The fraction of sp³-hybridized carbons (Fsp3) is 0.586. The van der Waals surface area contributed by atoms with Crippen LogP contribution in [0.1, 0.15) is 276 Å². The average Bonchev–Trinajstić information content (AvgIpc) is 0.759. The largest absolute Gasteiger partial charge is 0.647 e. The van der Waals surface area contributed by atoms with Gasteiger partial charge in [-0.25, -0.2) is 28.8 Å². The van der Waals surface area contributed by atoms with Crippen molar-refractivity contribution in [1.82, 2.24) is 0 Å². The summed E-state index contributed by atoms with van der Waals surface area (Å²) in [5, 5.41) is 0. The maximum Gasteiger partial charge on any atom is 0.647 e. The smallest absolute Gasteiger partial charge is 0.463 e. The molecule has 0 N–H and O–H groups in total. The Hall–Kier alpha value is -7.45. The molecule has 0 amide bonds. The molecule has 0 radical (unpaired) electrons. The zero-order chi connectivity index (χ0) is 76.7. The molecule has 17 heteroatoms. The third-order valence-corrected chi connectivity index (χ3v) is 21.2. The number of rotatable bonds is 60. The van der Waals surface area contributed by atoms with Gasteiger partial charge in [-0.3, -0.25) is 0 Å². The van der Waals surface area contributed by atoms with Gasteiger partial charge in [0, 0.05) is 36.5 Å². The van der Waals surface area contributed by atoms with Crippen molar-refractivity contribution >= 4 is 43.6 Å². The maximum absolute atomic E-state index is 17.4. The summed E-state index contributed by atoms with van der Waals surface area (Å²) in [6.45, 7) is 42.3. The van der Waals surface area contributed by atoms with Gasteiger partial charge in [0.2, 0.25) is 0 Å². The Kier molecular flexibility index (Phi) is 45.8. The first-order valence-corrected chi connectivity index (χ1v) is 40.3. The van der Waals surface area contributed by atoms with Crippen LogP contribution in [0.15, 0.2) is 75.9 Å². The van der Waals surface area contributed by atoms with E-state index in [1.54, 1.807) is 0 Å². The van der Waals surface area contributed by atoms with Crippen LogP contribution in [0.5, 0.6) is 17.2 Å². The zero-order valence-corrected chi connectivity index (χ0v) is 66.3. The van der Waals surface area contributed by atoms with E-state index in [9.17, 15) is 28.8 Å². The monoisotopic (exact) mass is 1460 g/mol. The number of carbonyl (C=O) groups excluding carboxylic acids is 6. The lowest BCUT2D eigenvalue weighted by atomic mass is 9.87. The summed E-state index contributed by atoms with van der Waals surface area (Å²) in [5.74, 6) is -1.04. The topological polar surface area (TPSA) is 203 Å². The van der Waals surface area contributed by atoms with Crippen molar-refractivity contribution in [2.45, 2.75) is 293 Å². The average molecular weight is 1460 g/mol. The predicted molar refractivity (Wildman–Crippen MR) is 419 cm³/mol. The molecule has 0 unspecified atom stereocenters. The summed E-state index contributed by atoms with van der Waals surface area (Å²) in [6.07, 6.45) is 38.5. The van der Waals surface area contributed by atoms with E-state index in [-0.39, 0.29) is 0 Å². The molecular weight excluding hydrogens is 1330 g/mol. The van der Waals surface area contributed by atoms with Crippen LogP contribution in [-0.4, -0.2) is 75.5 Å². The van der Waals surface area contributed by atoms with E-state index in [1.807, 2.05) is 0 Å². The molecule has 104 heavy (non-hydrogen) atoms. The van der Waals surface area contributed by atoms with Crippen LogP contribution in [-0.2, 0) is 100 Å². The third kappa shape index (κ3) is 33.3. The number of esters is 6. The minimum absolute atomic E-state index is 0.351. The highest BCUT2D eigenvalue weighted by molar-refractivity contribution is 7.49. The Morgan fingerprint density at radius 1 is 0.231 bits per heavy atom. The normalized spacial score (nSPS) is 11.1. The van der Waals surface area contributed by atoms with Crippen LogP contribution in [0.2, 0.25) is 0 Å². The molecule has 0 fully saturated rings. The summed E-state index contributed by atoms with van der Waals surface area (Å²) >= 11 is 0. The van der Waals surface area contributed by atoms with E-state index < -0.39 is 43.6 Å². The van der Waals surface area contributed by atoms with E-state index in [2.05, 4.69) is 102 Å². The zero-order valence-electron chi connectivity index (χ0n) is 65.4. The standard InChI is InChI=1S/C87H129O16P/c1-16-79(88)95-58-46-34-22-28-40-52-73-64(7)74(53-41-29-23-35-47-59-96-80(89)17-2)68(11)85(67(73)10)101-104(94,102-86-69(12)75(54-42-30-24-36-48-60-97-81(90)18-3)65(8)76(70(86)13)55-43-31-25-37-49-61-98-82(91)19-4)103-87-71(14)77(56-44-32-26-38-50-62-99-83(92)20-5)66(9)78(72(87)15)57-45-33-27-39-51-63-100-84(93)21-6/h16-21H,1-6,22-63H2,7-15H3. The molecule has 0 aliphatic rings. The first kappa shape index (κ1) is 90.8. The lowest BCUT2D eigenvalue weighted by Gasteiger charge is -2.29. The molecule has 0 aliphatic heterocycles. The SMILES string of the molecule is C=CC(=O)OCCCCCCCc1c(C)c(CCCCCCCOC(=O)C=C)c(C)c(OP(=O)(Oc2c(C)c(CCCCCCCOC(=O)C=C)c(C)c(CCCCCCCOC(=O)C=C)c2C)Oc2c(C)c(CCCCCCCOC(=O)C=C)c(C)c(CCCCCCCOC(=O)C=C)c2C)c1C. The number of phosphoric ester groups is 1. The van der Waals surface area contributed by atoms with Gasteiger partial charge in [0.1, 0.15) is 17.2 Å². The van der Waals surface area contributed by atoms with E-state index >= 15 is 4.57 Å². The Balaban J connectivity index is 2.37. The second kappa shape index (κ2) is 52.5. The van der Waals surface area contributed by atoms with Gasteiger partial charge < -0.3 is 42.0 Å². The molecule has 0 saturated carbocycles. The first-order chi connectivity index (χ1) is 50.0. The summed E-state index contributed by atoms with van der Waals surface area (Å²) in [5.41, 5.74) is 15.7. The molecule has 0 saturated heterocycles. The third-order valence-electron chi connectivity index (χ3n) is 20.0. The Labute approximate surface area is 625 Å². The van der Waals surface area contributed by atoms with Gasteiger partial charge in [-0.05, 0) is 261 Å². The predicted octanol–water partition coefficient (Wildman–Crippen LogP) is 21.4. The summed E-state index contributed by atoms with van der Waals surface area (Å²) in [4.78, 5) is 70.5. The van der Waals surface area contributed by atoms with Gasteiger partial charge in [0.25, 0.3) is 0 Å². The van der Waals surface area contributed by atoms with Gasteiger partial charge in [-0.2, -0.15) is 4.57 Å². The molecular formula is C87H129O16P. The molecule has 0 spiro atoms. The molecule has 3 aromatic rings. The second-order valence-electron chi connectivity index (χ2n) is 27.5. The quantitative estimate of drug-likeness (QED) is 0.0170. The van der Waals surface area contributed by atoms with Gasteiger partial charge in [0.05, 0.1) is 39.6 Å². The Morgan fingerprint density at radius 2 is 0.365 bits per heavy atom. The van der Waals surface area contributed by atoms with Crippen LogP contribution in [0.4, 0.5) is 0 Å². The highest BCUT2D eigenvalue weighted by atomic mass is 31.2. The summed E-state index contributed by atoms with van der Waals surface area (Å²) in [6, 6.07) is 0. The fourth-order valence-electron chi connectivity index (χ4n) is 13.9. The molecule has 0 aliphatic carbocycles. The van der Waals surface area contributed by atoms with Gasteiger partial charge in [-0.1, -0.05) is 155 Å². The molecule has 0 aromatic heterocycles. The molecule has 16 nitrogen and oxygen atoms in total. The lowest BCUT2D eigenvalue weighted by molar-refractivity contribution is -0.138. The fourth-order valence-corrected chi connectivity index (χ4v) is 15.6. The van der Waals surface area contributed by atoms with E-state index in [0.717, 1.165) is 298 Å². The summed E-state index contributed by atoms with van der Waals surface area (Å²) in [7, 11) is -4.80. The minimum Gasteiger partial charge on any atom is -0.463 e. The molecule has 0 heterocycles. The first-order valence-electron chi connectivity index (χ1n) is 38.8. The molecule has 0 bridgehead atoms. The minimum atomic E-state index is -4.80. The molecule has 578 valence electrons. The van der Waals surface area contributed by atoms with Crippen molar-refractivity contribution < 1.29 is 75.3 Å². The van der Waals surface area contributed by atoms with Gasteiger partial charge in [-0.15, -0.1) is 0 Å². The maximum atomic E-state index is 17.4. The second-order valence-corrected chi connectivity index (χ2v) is 29.0. The number of phosphoric acid groups is 1. The number of carbonyl (C=O) groups is 6. The molecule has 0 atom stereocenters. The lowest BCUT2D eigenvalue weighted by Crippen LogP contribution is -2.16. The van der Waals surface area contributed by atoms with Gasteiger partial charge in [0.15, 0.2) is 0 Å². The summed E-state index contributed by atoms with van der Waals surface area (Å²) < 4.78 is 71.1. The van der Waals surface area contributed by atoms with E-state index in [4.69, 9.17) is 42.0 Å². The number of hydrogen-bond donors (Lipinski definition) is 0. The van der Waals surface area contributed by atoms with Crippen molar-refractivity contribution in [2.24, 2.45) is 0 Å². The number of ether oxygens (including phenoxy) is 6. The van der Waals surface area contributed by atoms with Crippen LogP contribution >= 0.6 is 7.82 Å². The molecule has 3 aromatic carbocycles. The molecule has 3 rings (SSSR count). The number of benzene rings is 3. The van der Waals surface area contributed by atoms with Crippen LogP contribution in [0.25, 0.3) is 0 Å². The van der Waals surface area contributed by atoms with E-state index in [0.29, 0.717) is 56.9 Å². The highest BCUT2D eigenvalue weighted by Gasteiger charge is 2.39. The number of hydrogen-bond acceptors (Lipinski definition) is 16. The van der Waals surface area contributed by atoms with Crippen molar-refractivity contribution in [2.75, 3.05) is 39.6 Å². The highest BCUT2D eigenvalue weighted by Crippen LogP contribution is 2.56.